The Bertz CT molecular complexity index is 3160. The van der Waals surface area contributed by atoms with Gasteiger partial charge in [-0.25, -0.2) is 4.98 Å². The van der Waals surface area contributed by atoms with Crippen LogP contribution in [0, 0.1) is 13.0 Å². The molecule has 1 aliphatic rings. The third-order valence-electron chi connectivity index (χ3n) is 11.6. The van der Waals surface area contributed by atoms with E-state index in [2.05, 4.69) is 146 Å². The first kappa shape index (κ1) is 36.9. The summed E-state index contributed by atoms with van der Waals surface area (Å²) in [5, 5.41) is 2.31. The number of fused-ring (bicyclic) bond motifs is 6. The van der Waals surface area contributed by atoms with Crippen molar-refractivity contribution in [2.24, 2.45) is 0 Å². The molecule has 59 heavy (non-hydrogen) atoms. The van der Waals surface area contributed by atoms with E-state index in [1.165, 1.54) is 32.0 Å². The largest absolute Gasteiger partial charge is 0.304 e. The van der Waals surface area contributed by atoms with E-state index in [0.29, 0.717) is 17.6 Å². The molecule has 0 saturated carbocycles. The second kappa shape index (κ2) is 14.5. The number of thiophene rings is 1. The minimum Gasteiger partial charge on any atom is -0.304 e. The van der Waals surface area contributed by atoms with Crippen LogP contribution >= 0.6 is 11.3 Å². The summed E-state index contributed by atoms with van der Waals surface area (Å²) in [6.45, 7) is 6.76. The Morgan fingerprint density at radius 3 is 1.93 bits per heavy atom. The van der Waals surface area contributed by atoms with Crippen LogP contribution in [-0.4, -0.2) is 24.5 Å². The van der Waals surface area contributed by atoms with E-state index in [9.17, 15) is 0 Å². The van der Waals surface area contributed by atoms with Gasteiger partial charge in [-0.05, 0) is 82.9 Å². The van der Waals surface area contributed by atoms with Crippen molar-refractivity contribution in [2.45, 2.75) is 26.2 Å². The van der Waals surface area contributed by atoms with Gasteiger partial charge in [-0.2, -0.15) is 9.97 Å². The Balaban J connectivity index is 0.00000420. The van der Waals surface area contributed by atoms with Crippen LogP contribution in [0.2, 0.25) is 0 Å². The van der Waals surface area contributed by atoms with Gasteiger partial charge in [-0.3, -0.25) is 4.57 Å². The van der Waals surface area contributed by atoms with Crippen LogP contribution < -0.4 is 0 Å². The summed E-state index contributed by atoms with van der Waals surface area (Å²) in [5.74, 6) is 1.86. The monoisotopic (exact) mass is 955 g/mol. The fraction of sp³-hybridized carbons (Fsp3) is 0.0769. The third-order valence-corrected chi connectivity index (χ3v) is 12.8. The molecule has 1 aliphatic carbocycles. The van der Waals surface area contributed by atoms with Gasteiger partial charge in [0, 0.05) is 63.4 Å². The van der Waals surface area contributed by atoms with Gasteiger partial charge in [0.25, 0.3) is 0 Å². The molecule has 4 heterocycles. The zero-order valence-corrected chi connectivity index (χ0v) is 35.8. The first-order chi connectivity index (χ1) is 28.4. The summed E-state index contributed by atoms with van der Waals surface area (Å²) in [6, 6.07) is 59.1. The molecule has 0 unspecified atom stereocenters. The molecule has 7 heteroatoms. The number of benzene rings is 6. The Morgan fingerprint density at radius 1 is 0.559 bits per heavy atom. The van der Waals surface area contributed by atoms with Crippen molar-refractivity contribution in [1.82, 2.24) is 24.5 Å². The van der Waals surface area contributed by atoms with E-state index in [0.717, 1.165) is 60.9 Å². The van der Waals surface area contributed by atoms with Crippen molar-refractivity contribution in [3.05, 3.63) is 187 Å². The Kier molecular flexibility index (Phi) is 9.06. The minimum atomic E-state index is -0.173. The molecule has 0 atom stereocenters. The summed E-state index contributed by atoms with van der Waals surface area (Å²) >= 11 is 1.80. The molecule has 0 bridgehead atoms. The molecule has 285 valence electrons. The van der Waals surface area contributed by atoms with Crippen molar-refractivity contribution in [1.29, 1.82) is 0 Å². The van der Waals surface area contributed by atoms with Crippen LogP contribution in [0.3, 0.4) is 0 Å². The van der Waals surface area contributed by atoms with E-state index in [1.807, 2.05) is 54.7 Å². The maximum absolute atomic E-state index is 5.23. The normalized spacial score (nSPS) is 12.7. The van der Waals surface area contributed by atoms with Gasteiger partial charge in [0.05, 0.1) is 11.0 Å². The van der Waals surface area contributed by atoms with Crippen molar-refractivity contribution in [3.63, 3.8) is 0 Å². The number of aromatic nitrogens is 5. The molecular weight excluding hydrogens is 919 g/mol. The number of aryl methyl sites for hydroxylation is 1. The first-order valence-electron chi connectivity index (χ1n) is 19.5. The molecule has 0 aliphatic heterocycles. The van der Waals surface area contributed by atoms with Gasteiger partial charge >= 0.3 is 0 Å². The molecule has 10 aromatic rings. The molecule has 0 saturated heterocycles. The Labute approximate surface area is 360 Å². The van der Waals surface area contributed by atoms with E-state index >= 15 is 0 Å². The van der Waals surface area contributed by atoms with E-state index in [-0.39, 0.29) is 25.5 Å². The van der Waals surface area contributed by atoms with Crippen molar-refractivity contribution in [2.75, 3.05) is 0 Å². The average Bonchev–Trinajstić information content (AvgIpc) is 3.95. The summed E-state index contributed by atoms with van der Waals surface area (Å²) < 4.78 is 2.25. The minimum absolute atomic E-state index is 0. The maximum atomic E-state index is 5.23. The maximum Gasteiger partial charge on any atom is 0.238 e. The summed E-state index contributed by atoms with van der Waals surface area (Å²) in [7, 11) is 0. The molecule has 4 aromatic heterocycles. The number of pyridine rings is 1. The van der Waals surface area contributed by atoms with Gasteiger partial charge < -0.3 is 4.98 Å². The van der Waals surface area contributed by atoms with E-state index < -0.39 is 0 Å². The number of hydrogen-bond donors (Lipinski definition) is 0. The number of nitrogens with zero attached hydrogens (tertiary/aromatic N) is 5. The SMILES string of the molecule is Cc1cccnc1-c1[c-]ccc(-c2ccc(-c3ccc4c(c3)c3cc5c(cc3n4-c3nc(-c4ccccc4)nc(-c4ccccc4)n3)C(C)(C)c3ccccc3-5)s2)c1.[Ir]. The van der Waals surface area contributed by atoms with Crippen LogP contribution in [0.15, 0.2) is 164 Å². The van der Waals surface area contributed by atoms with Gasteiger partial charge in [0.1, 0.15) is 0 Å². The van der Waals surface area contributed by atoms with Crippen LogP contribution in [0.25, 0.3) is 93.8 Å². The zero-order chi connectivity index (χ0) is 39.0. The summed E-state index contributed by atoms with van der Waals surface area (Å²) in [5.41, 5.74) is 14.5. The molecule has 11 rings (SSSR count). The second-order valence-corrected chi connectivity index (χ2v) is 16.6. The smallest absolute Gasteiger partial charge is 0.238 e. The van der Waals surface area contributed by atoms with E-state index in [4.69, 9.17) is 15.0 Å². The fourth-order valence-electron chi connectivity index (χ4n) is 8.65. The van der Waals surface area contributed by atoms with Crippen LogP contribution in [0.1, 0.15) is 30.5 Å². The molecule has 5 nitrogen and oxygen atoms in total. The molecule has 0 spiro atoms. The standard InChI is InChI=1S/C52H36N5S.Ir/c1-32-14-13-27-53-48(32)37-20-12-19-35(28-37)46-25-26-47(58-46)36-23-24-44-40(29-36)41-30-39-38-21-10-11-22-42(38)52(2,3)43(39)31-45(41)57(44)51-55-49(33-15-6-4-7-16-33)54-50(56-51)34-17-8-5-9-18-34;/h4-19,21-31H,1-3H3;/q-1;. The summed E-state index contributed by atoms with van der Waals surface area (Å²) in [4.78, 5) is 22.5. The molecule has 1 radical (unpaired) electrons. The van der Waals surface area contributed by atoms with Crippen LogP contribution in [0.5, 0.6) is 0 Å². The Morgan fingerprint density at radius 2 is 1.22 bits per heavy atom. The summed E-state index contributed by atoms with van der Waals surface area (Å²) in [6.07, 6.45) is 1.85. The van der Waals surface area contributed by atoms with E-state index in [1.54, 1.807) is 11.3 Å². The number of hydrogen-bond acceptors (Lipinski definition) is 5. The van der Waals surface area contributed by atoms with Gasteiger partial charge in [-0.15, -0.1) is 41.2 Å². The second-order valence-electron chi connectivity index (χ2n) is 15.5. The molecule has 0 N–H and O–H groups in total. The van der Waals surface area contributed by atoms with Crippen molar-refractivity contribution >= 4 is 33.1 Å². The Hall–Kier alpha value is -6.37. The predicted molar refractivity (Wildman–Crippen MR) is 238 cm³/mol. The third kappa shape index (κ3) is 6.16. The first-order valence-corrected chi connectivity index (χ1v) is 20.4. The van der Waals surface area contributed by atoms with Gasteiger partial charge in [-0.1, -0.05) is 122 Å². The van der Waals surface area contributed by atoms with Crippen molar-refractivity contribution < 1.29 is 20.1 Å². The van der Waals surface area contributed by atoms with Gasteiger partial charge in [0.15, 0.2) is 11.6 Å². The number of rotatable bonds is 6. The molecule has 0 amide bonds. The fourth-order valence-corrected chi connectivity index (χ4v) is 9.65. The quantitative estimate of drug-likeness (QED) is 0.156. The molecule has 0 fully saturated rings. The predicted octanol–water partition coefficient (Wildman–Crippen LogP) is 13.2. The van der Waals surface area contributed by atoms with Crippen LogP contribution in [-0.2, 0) is 25.5 Å². The van der Waals surface area contributed by atoms with Crippen molar-refractivity contribution in [3.8, 4) is 72.0 Å². The molecule has 6 aromatic carbocycles. The topological polar surface area (TPSA) is 56.5 Å². The van der Waals surface area contributed by atoms with Gasteiger partial charge in [0.2, 0.25) is 5.95 Å². The zero-order valence-electron chi connectivity index (χ0n) is 32.6. The molecular formula is C52H36IrN5S-. The average molecular weight is 955 g/mol. The van der Waals surface area contributed by atoms with Crippen LogP contribution in [0.4, 0.5) is 0 Å².